The van der Waals surface area contributed by atoms with Gasteiger partial charge in [0.15, 0.2) is 5.96 Å². The van der Waals surface area contributed by atoms with Crippen LogP contribution in [0.1, 0.15) is 23.5 Å². The lowest BCUT2D eigenvalue weighted by molar-refractivity contribution is 0.184. The van der Waals surface area contributed by atoms with Gasteiger partial charge in [0.2, 0.25) is 0 Å². The van der Waals surface area contributed by atoms with Gasteiger partial charge in [-0.15, -0.1) is 11.3 Å². The van der Waals surface area contributed by atoms with Crippen molar-refractivity contribution in [1.82, 2.24) is 20.2 Å². The summed E-state index contributed by atoms with van der Waals surface area (Å²) in [6, 6.07) is 18.4. The Bertz CT molecular complexity index is 1090. The Labute approximate surface area is 179 Å². The maximum absolute atomic E-state index is 10.6. The number of thiophene rings is 1. The lowest BCUT2D eigenvalue weighted by atomic mass is 10.2. The van der Waals surface area contributed by atoms with Crippen LogP contribution < -0.4 is 10.6 Å². The standard InChI is InChI=1S/C23H25N5OS/c1-2-25-23(26-14-18-8-3-5-9-19(18)28-12-11-24-16-28)27-15-20(29)22-13-17-7-4-6-10-21(17)30-22/h3-13,16,20,29H,2,14-15H2,1H3,(H2,25,26,27). The molecule has 0 aliphatic heterocycles. The van der Waals surface area contributed by atoms with Crippen molar-refractivity contribution in [3.05, 3.63) is 83.8 Å². The summed E-state index contributed by atoms with van der Waals surface area (Å²) in [4.78, 5) is 9.80. The Morgan fingerprint density at radius 3 is 2.80 bits per heavy atom. The average molecular weight is 420 g/mol. The highest BCUT2D eigenvalue weighted by molar-refractivity contribution is 7.19. The van der Waals surface area contributed by atoms with Crippen molar-refractivity contribution >= 4 is 27.4 Å². The summed E-state index contributed by atoms with van der Waals surface area (Å²) < 4.78 is 3.17. The number of fused-ring (bicyclic) bond motifs is 1. The van der Waals surface area contributed by atoms with Gasteiger partial charge in [0.25, 0.3) is 0 Å². The van der Waals surface area contributed by atoms with Crippen LogP contribution in [-0.2, 0) is 6.54 Å². The van der Waals surface area contributed by atoms with E-state index in [1.165, 1.54) is 4.70 Å². The molecule has 0 aliphatic carbocycles. The van der Waals surface area contributed by atoms with Crippen LogP contribution in [0, 0.1) is 0 Å². The minimum absolute atomic E-state index is 0.391. The lowest BCUT2D eigenvalue weighted by Crippen LogP contribution is -2.39. The van der Waals surface area contributed by atoms with Gasteiger partial charge in [0, 0.05) is 35.1 Å². The molecule has 154 valence electrons. The van der Waals surface area contributed by atoms with Crippen LogP contribution in [0.2, 0.25) is 0 Å². The number of imidazole rings is 1. The number of hydrogen-bond donors (Lipinski definition) is 3. The first-order chi connectivity index (χ1) is 14.7. The summed E-state index contributed by atoms with van der Waals surface area (Å²) in [7, 11) is 0. The van der Waals surface area contributed by atoms with E-state index in [4.69, 9.17) is 4.99 Å². The minimum atomic E-state index is -0.593. The number of nitrogens with zero attached hydrogens (tertiary/aromatic N) is 3. The number of nitrogens with one attached hydrogen (secondary N) is 2. The van der Waals surface area contributed by atoms with E-state index in [-0.39, 0.29) is 0 Å². The molecule has 1 atom stereocenters. The molecular formula is C23H25N5OS. The molecule has 0 saturated heterocycles. The van der Waals surface area contributed by atoms with E-state index < -0.39 is 6.10 Å². The normalized spacial score (nSPS) is 12.8. The molecule has 0 spiro atoms. The molecule has 30 heavy (non-hydrogen) atoms. The maximum atomic E-state index is 10.6. The van der Waals surface area contributed by atoms with Crippen LogP contribution in [0.3, 0.4) is 0 Å². The van der Waals surface area contributed by atoms with Crippen molar-refractivity contribution in [3.8, 4) is 5.69 Å². The van der Waals surface area contributed by atoms with Gasteiger partial charge in [-0.25, -0.2) is 9.98 Å². The van der Waals surface area contributed by atoms with E-state index in [9.17, 15) is 5.11 Å². The fraction of sp³-hybridized carbons (Fsp3) is 0.217. The van der Waals surface area contributed by atoms with Crippen molar-refractivity contribution < 1.29 is 5.11 Å². The van der Waals surface area contributed by atoms with Crippen molar-refractivity contribution in [2.75, 3.05) is 13.1 Å². The number of benzene rings is 2. The molecule has 0 saturated carbocycles. The fourth-order valence-corrected chi connectivity index (χ4v) is 4.32. The number of aliphatic imine (C=N–C) groups is 1. The third-order valence-electron chi connectivity index (χ3n) is 4.76. The average Bonchev–Trinajstić information content (AvgIpc) is 3.45. The second kappa shape index (κ2) is 9.56. The molecule has 0 fully saturated rings. The molecule has 0 amide bonds. The second-order valence-electron chi connectivity index (χ2n) is 6.88. The number of hydrogen-bond acceptors (Lipinski definition) is 4. The van der Waals surface area contributed by atoms with Crippen LogP contribution in [-0.4, -0.2) is 33.7 Å². The van der Waals surface area contributed by atoms with Crippen LogP contribution in [0.25, 0.3) is 15.8 Å². The minimum Gasteiger partial charge on any atom is -0.386 e. The summed E-state index contributed by atoms with van der Waals surface area (Å²) in [5.41, 5.74) is 2.15. The first kappa shape index (κ1) is 20.1. The predicted molar refractivity (Wildman–Crippen MR) is 123 cm³/mol. The molecule has 2 heterocycles. The van der Waals surface area contributed by atoms with Crippen molar-refractivity contribution in [1.29, 1.82) is 0 Å². The fourth-order valence-electron chi connectivity index (χ4n) is 3.26. The lowest BCUT2D eigenvalue weighted by Gasteiger charge is -2.15. The van der Waals surface area contributed by atoms with E-state index >= 15 is 0 Å². The molecule has 3 N–H and O–H groups in total. The Morgan fingerprint density at radius 1 is 1.17 bits per heavy atom. The maximum Gasteiger partial charge on any atom is 0.191 e. The Balaban J connectivity index is 1.44. The van der Waals surface area contributed by atoms with Gasteiger partial charge < -0.3 is 20.3 Å². The van der Waals surface area contributed by atoms with Gasteiger partial charge in [-0.3, -0.25) is 0 Å². The summed E-state index contributed by atoms with van der Waals surface area (Å²) >= 11 is 1.62. The van der Waals surface area contributed by atoms with Crippen LogP contribution in [0.15, 0.2) is 78.3 Å². The van der Waals surface area contributed by atoms with Gasteiger partial charge in [-0.05, 0) is 36.1 Å². The number of para-hydroxylation sites is 1. The molecule has 0 radical (unpaired) electrons. The first-order valence-electron chi connectivity index (χ1n) is 9.99. The summed E-state index contributed by atoms with van der Waals surface area (Å²) in [5.74, 6) is 0.679. The molecule has 4 aromatic rings. The topological polar surface area (TPSA) is 74.5 Å². The molecule has 7 heteroatoms. The van der Waals surface area contributed by atoms with Crippen LogP contribution in [0.5, 0.6) is 0 Å². The third kappa shape index (κ3) is 4.69. The largest absolute Gasteiger partial charge is 0.386 e. The summed E-state index contributed by atoms with van der Waals surface area (Å²) in [6.07, 6.45) is 4.88. The SMILES string of the molecule is CCNC(=NCc1ccccc1-n1ccnc1)NCC(O)c1cc2ccccc2s1. The molecule has 2 aromatic carbocycles. The molecule has 4 rings (SSSR count). The highest BCUT2D eigenvalue weighted by atomic mass is 32.1. The van der Waals surface area contributed by atoms with Crippen molar-refractivity contribution in [2.45, 2.75) is 19.6 Å². The summed E-state index contributed by atoms with van der Waals surface area (Å²) in [6.45, 7) is 3.68. The highest BCUT2D eigenvalue weighted by Gasteiger charge is 2.12. The Morgan fingerprint density at radius 2 is 2.00 bits per heavy atom. The molecule has 6 nitrogen and oxygen atoms in total. The predicted octanol–water partition coefficient (Wildman–Crippen LogP) is 3.88. The van der Waals surface area contributed by atoms with E-state index in [1.807, 2.05) is 42.0 Å². The zero-order valence-electron chi connectivity index (χ0n) is 16.8. The number of rotatable bonds is 7. The highest BCUT2D eigenvalue weighted by Crippen LogP contribution is 2.29. The van der Waals surface area contributed by atoms with Gasteiger partial charge in [0.05, 0.1) is 18.6 Å². The van der Waals surface area contributed by atoms with E-state index in [2.05, 4.69) is 45.9 Å². The number of guanidine groups is 1. The monoisotopic (exact) mass is 419 g/mol. The Hall–Kier alpha value is -3.16. The third-order valence-corrected chi connectivity index (χ3v) is 5.98. The quantitative estimate of drug-likeness (QED) is 0.314. The number of aromatic nitrogens is 2. The van der Waals surface area contributed by atoms with Crippen molar-refractivity contribution in [3.63, 3.8) is 0 Å². The molecule has 0 bridgehead atoms. The first-order valence-corrected chi connectivity index (χ1v) is 10.8. The zero-order chi connectivity index (χ0) is 20.8. The zero-order valence-corrected chi connectivity index (χ0v) is 17.6. The molecule has 2 aromatic heterocycles. The van der Waals surface area contributed by atoms with Gasteiger partial charge >= 0.3 is 0 Å². The molecule has 0 aliphatic rings. The van der Waals surface area contributed by atoms with Crippen molar-refractivity contribution in [2.24, 2.45) is 4.99 Å². The molecule has 1 unspecified atom stereocenters. The summed E-state index contributed by atoms with van der Waals surface area (Å²) in [5, 5.41) is 18.3. The second-order valence-corrected chi connectivity index (χ2v) is 7.99. The Kier molecular flexibility index (Phi) is 6.41. The van der Waals surface area contributed by atoms with Gasteiger partial charge in [0.1, 0.15) is 6.10 Å². The van der Waals surface area contributed by atoms with E-state index in [1.54, 1.807) is 23.9 Å². The number of aliphatic hydroxyl groups is 1. The van der Waals surface area contributed by atoms with Crippen LogP contribution in [0.4, 0.5) is 0 Å². The van der Waals surface area contributed by atoms with Crippen LogP contribution >= 0.6 is 11.3 Å². The number of aliphatic hydroxyl groups excluding tert-OH is 1. The van der Waals surface area contributed by atoms with Gasteiger partial charge in [-0.2, -0.15) is 0 Å². The molecular weight excluding hydrogens is 394 g/mol. The van der Waals surface area contributed by atoms with Gasteiger partial charge in [-0.1, -0.05) is 36.4 Å². The smallest absolute Gasteiger partial charge is 0.191 e. The van der Waals surface area contributed by atoms with E-state index in [0.29, 0.717) is 19.0 Å². The van der Waals surface area contributed by atoms with E-state index in [0.717, 1.165) is 28.1 Å².